The van der Waals surface area contributed by atoms with Crippen LogP contribution < -0.4 is 14.2 Å². The van der Waals surface area contributed by atoms with E-state index in [0.29, 0.717) is 30.2 Å². The van der Waals surface area contributed by atoms with Gasteiger partial charge in [-0.25, -0.2) is 0 Å². The normalized spacial score (nSPS) is 10.5. The zero-order valence-electron chi connectivity index (χ0n) is 14.2. The van der Waals surface area contributed by atoms with Crippen LogP contribution in [0.25, 0.3) is 6.08 Å². The lowest BCUT2D eigenvalue weighted by Crippen LogP contribution is -2.28. The van der Waals surface area contributed by atoms with Crippen LogP contribution in [0.2, 0.25) is 0 Å². The summed E-state index contributed by atoms with van der Waals surface area (Å²) in [5, 5.41) is 0. The predicted molar refractivity (Wildman–Crippen MR) is 87.8 cm³/mol. The number of esters is 1. The van der Waals surface area contributed by atoms with E-state index in [1.54, 1.807) is 23.1 Å². The predicted octanol–water partition coefficient (Wildman–Crippen LogP) is 2.51. The van der Waals surface area contributed by atoms with E-state index in [4.69, 9.17) is 14.2 Å². The molecule has 1 amide bonds. The molecular weight excluding hydrogens is 298 g/mol. The van der Waals surface area contributed by atoms with Crippen molar-refractivity contribution in [2.75, 3.05) is 27.3 Å². The molecule has 0 aliphatic rings. The topological polar surface area (TPSA) is 65.1 Å². The Hall–Kier alpha value is -2.50. The largest absolute Gasteiger partial charge is 0.493 e. The highest BCUT2D eigenvalue weighted by Crippen LogP contribution is 2.39. The molecule has 0 saturated carbocycles. The van der Waals surface area contributed by atoms with Crippen LogP contribution in [0, 0.1) is 0 Å². The molecule has 6 nitrogen and oxygen atoms in total. The number of hydrogen-bond acceptors (Lipinski definition) is 5. The molecule has 0 aromatic heterocycles. The fraction of sp³-hybridized carbons (Fsp3) is 0.412. The molecule has 0 spiro atoms. The molecule has 0 heterocycles. The van der Waals surface area contributed by atoms with Crippen molar-refractivity contribution in [1.29, 1.82) is 0 Å². The third-order valence-electron chi connectivity index (χ3n) is 3.22. The Labute approximate surface area is 136 Å². The number of carbonyl (C=O) groups is 2. The second-order valence-corrected chi connectivity index (χ2v) is 4.69. The lowest BCUT2D eigenvalue weighted by atomic mass is 10.1. The number of benzene rings is 1. The van der Waals surface area contributed by atoms with Crippen molar-refractivity contribution in [3.8, 4) is 17.2 Å². The summed E-state index contributed by atoms with van der Waals surface area (Å²) in [6.07, 6.45) is 3.16. The number of nitrogens with zero attached hydrogens (tertiary/aromatic N) is 1. The summed E-state index contributed by atoms with van der Waals surface area (Å²) in [5.74, 6) is 0.386. The lowest BCUT2D eigenvalue weighted by molar-refractivity contribution is -0.132. The van der Waals surface area contributed by atoms with Gasteiger partial charge in [0.05, 0.1) is 14.2 Å². The SMILES string of the molecule is CCN(CC)C(=O)/C=C/c1cc(OC)c(OC(C)=O)c(OC)c1. The Morgan fingerprint density at radius 2 is 1.61 bits per heavy atom. The van der Waals surface area contributed by atoms with Gasteiger partial charge in [0.2, 0.25) is 11.7 Å². The first-order valence-corrected chi connectivity index (χ1v) is 7.38. The average molecular weight is 321 g/mol. The number of methoxy groups -OCH3 is 2. The molecular formula is C17H23NO5. The maximum atomic E-state index is 12.0. The van der Waals surface area contributed by atoms with Crippen molar-refractivity contribution in [2.45, 2.75) is 20.8 Å². The Morgan fingerprint density at radius 3 is 2.00 bits per heavy atom. The van der Waals surface area contributed by atoms with Gasteiger partial charge in [-0.05, 0) is 37.6 Å². The molecule has 0 bridgehead atoms. The van der Waals surface area contributed by atoms with Gasteiger partial charge in [0.25, 0.3) is 0 Å². The zero-order chi connectivity index (χ0) is 17.4. The maximum Gasteiger partial charge on any atom is 0.308 e. The molecule has 1 rings (SSSR count). The first kappa shape index (κ1) is 18.5. The smallest absolute Gasteiger partial charge is 0.308 e. The number of ether oxygens (including phenoxy) is 3. The van der Waals surface area contributed by atoms with E-state index < -0.39 is 5.97 Å². The van der Waals surface area contributed by atoms with E-state index >= 15 is 0 Å². The molecule has 23 heavy (non-hydrogen) atoms. The summed E-state index contributed by atoms with van der Waals surface area (Å²) in [6, 6.07) is 3.35. The van der Waals surface area contributed by atoms with Crippen LogP contribution in [-0.4, -0.2) is 44.1 Å². The van der Waals surface area contributed by atoms with Gasteiger partial charge in [-0.1, -0.05) is 0 Å². The molecule has 6 heteroatoms. The highest BCUT2D eigenvalue weighted by atomic mass is 16.6. The lowest BCUT2D eigenvalue weighted by Gasteiger charge is -2.16. The van der Waals surface area contributed by atoms with E-state index in [2.05, 4.69) is 0 Å². The number of carbonyl (C=O) groups excluding carboxylic acids is 2. The fourth-order valence-electron chi connectivity index (χ4n) is 2.05. The highest BCUT2D eigenvalue weighted by Gasteiger charge is 2.15. The first-order chi connectivity index (χ1) is 11.0. The summed E-state index contributed by atoms with van der Waals surface area (Å²) >= 11 is 0. The number of likely N-dealkylation sites (N-methyl/N-ethyl adjacent to an activating group) is 1. The van der Waals surface area contributed by atoms with Crippen LogP contribution >= 0.6 is 0 Å². The van der Waals surface area contributed by atoms with Crippen LogP contribution in [0.5, 0.6) is 17.2 Å². The van der Waals surface area contributed by atoms with Gasteiger partial charge < -0.3 is 19.1 Å². The summed E-state index contributed by atoms with van der Waals surface area (Å²) in [4.78, 5) is 24.9. The quantitative estimate of drug-likeness (QED) is 0.438. The van der Waals surface area contributed by atoms with Crippen LogP contribution in [0.3, 0.4) is 0 Å². The van der Waals surface area contributed by atoms with Crippen molar-refractivity contribution in [1.82, 2.24) is 4.90 Å². The summed E-state index contributed by atoms with van der Waals surface area (Å²) < 4.78 is 15.6. The molecule has 0 N–H and O–H groups in total. The molecule has 0 atom stereocenters. The summed E-state index contributed by atoms with van der Waals surface area (Å²) in [6.45, 7) is 6.45. The molecule has 0 fully saturated rings. The Bertz CT molecular complexity index is 566. The highest BCUT2D eigenvalue weighted by molar-refractivity contribution is 5.92. The minimum absolute atomic E-state index is 0.0722. The molecule has 126 valence electrons. The van der Waals surface area contributed by atoms with Gasteiger partial charge in [0, 0.05) is 26.1 Å². The minimum atomic E-state index is -0.471. The average Bonchev–Trinajstić information content (AvgIpc) is 2.54. The van der Waals surface area contributed by atoms with Crippen LogP contribution in [0.4, 0.5) is 0 Å². The van der Waals surface area contributed by atoms with Gasteiger partial charge in [-0.3, -0.25) is 9.59 Å². The third-order valence-corrected chi connectivity index (χ3v) is 3.22. The summed E-state index contributed by atoms with van der Waals surface area (Å²) in [5.41, 5.74) is 0.704. The van der Waals surface area contributed by atoms with Crippen LogP contribution in [-0.2, 0) is 9.59 Å². The molecule has 0 unspecified atom stereocenters. The third kappa shape index (κ3) is 5.02. The molecule has 1 aromatic carbocycles. The van der Waals surface area contributed by atoms with Crippen LogP contribution in [0.1, 0.15) is 26.3 Å². The molecule has 0 aliphatic carbocycles. The van der Waals surface area contributed by atoms with Crippen molar-refractivity contribution in [3.05, 3.63) is 23.8 Å². The van der Waals surface area contributed by atoms with E-state index in [1.165, 1.54) is 27.2 Å². The van der Waals surface area contributed by atoms with E-state index in [-0.39, 0.29) is 11.7 Å². The monoisotopic (exact) mass is 321 g/mol. The second-order valence-electron chi connectivity index (χ2n) is 4.69. The fourth-order valence-corrected chi connectivity index (χ4v) is 2.05. The van der Waals surface area contributed by atoms with Gasteiger partial charge in [0.15, 0.2) is 11.5 Å². The number of rotatable bonds is 7. The molecule has 0 aliphatic heterocycles. The van der Waals surface area contributed by atoms with Gasteiger partial charge >= 0.3 is 5.97 Å². The van der Waals surface area contributed by atoms with E-state index in [1.807, 2.05) is 13.8 Å². The Balaban J connectivity index is 3.14. The van der Waals surface area contributed by atoms with E-state index in [0.717, 1.165) is 0 Å². The number of amides is 1. The second kappa shape index (κ2) is 8.82. The Kier molecular flexibility index (Phi) is 7.12. The van der Waals surface area contributed by atoms with Crippen molar-refractivity contribution in [3.63, 3.8) is 0 Å². The standard InChI is InChI=1S/C17H23NO5/c1-6-18(7-2)16(20)9-8-13-10-14(21-4)17(23-12(3)19)15(11-13)22-5/h8-11H,6-7H2,1-5H3/b9-8+. The zero-order valence-corrected chi connectivity index (χ0v) is 14.2. The van der Waals surface area contributed by atoms with Crippen molar-refractivity contribution >= 4 is 18.0 Å². The molecule has 1 aromatic rings. The minimum Gasteiger partial charge on any atom is -0.493 e. The van der Waals surface area contributed by atoms with Crippen molar-refractivity contribution < 1.29 is 23.8 Å². The maximum absolute atomic E-state index is 12.0. The van der Waals surface area contributed by atoms with Gasteiger partial charge in [0.1, 0.15) is 0 Å². The van der Waals surface area contributed by atoms with E-state index in [9.17, 15) is 9.59 Å². The Morgan fingerprint density at radius 1 is 1.09 bits per heavy atom. The van der Waals surface area contributed by atoms with Gasteiger partial charge in [-0.2, -0.15) is 0 Å². The van der Waals surface area contributed by atoms with Crippen molar-refractivity contribution in [2.24, 2.45) is 0 Å². The first-order valence-electron chi connectivity index (χ1n) is 7.38. The molecule has 0 radical (unpaired) electrons. The van der Waals surface area contributed by atoms with Gasteiger partial charge in [-0.15, -0.1) is 0 Å². The van der Waals surface area contributed by atoms with Crippen LogP contribution in [0.15, 0.2) is 18.2 Å². The molecule has 0 saturated heterocycles. The number of hydrogen-bond donors (Lipinski definition) is 0. The summed E-state index contributed by atoms with van der Waals surface area (Å²) in [7, 11) is 2.94.